The maximum atomic E-state index is 12.6. The first kappa shape index (κ1) is 18.1. The van der Waals surface area contributed by atoms with Crippen LogP contribution in [0.2, 0.25) is 5.02 Å². The Morgan fingerprint density at radius 3 is 2.71 bits per heavy atom. The van der Waals surface area contributed by atoms with Gasteiger partial charge in [0, 0.05) is 16.3 Å². The summed E-state index contributed by atoms with van der Waals surface area (Å²) < 4.78 is 11.1. The van der Waals surface area contributed by atoms with Gasteiger partial charge >= 0.3 is 0 Å². The lowest BCUT2D eigenvalue weighted by atomic mass is 10.1. The number of fused-ring (bicyclic) bond motifs is 1. The lowest BCUT2D eigenvalue weighted by Crippen LogP contribution is -2.13. The van der Waals surface area contributed by atoms with Crippen molar-refractivity contribution in [3.05, 3.63) is 76.8 Å². The number of rotatable bonds is 4. The summed E-state index contributed by atoms with van der Waals surface area (Å²) in [5.41, 5.74) is 4.13. The molecule has 1 amide bonds. The zero-order valence-corrected chi connectivity index (χ0v) is 16.1. The Kier molecular flexibility index (Phi) is 4.75. The van der Waals surface area contributed by atoms with Crippen LogP contribution in [0.5, 0.6) is 5.75 Å². The standard InChI is InChI=1S/C22H17ClN2O3/c1-13-7-8-14(11-17(13)23)22-25-18-12-15(9-10-20(18)28-22)24-21(26)16-5-3-4-6-19(16)27-2/h3-12H,1-2H3,(H,24,26). The van der Waals surface area contributed by atoms with Crippen LogP contribution in [0, 0.1) is 6.92 Å². The van der Waals surface area contributed by atoms with Gasteiger partial charge in [-0.25, -0.2) is 4.98 Å². The molecule has 0 saturated carbocycles. The normalized spacial score (nSPS) is 10.8. The average Bonchev–Trinajstić information content (AvgIpc) is 3.13. The molecule has 0 aliphatic rings. The van der Waals surface area contributed by atoms with E-state index in [1.807, 2.05) is 31.2 Å². The van der Waals surface area contributed by atoms with E-state index < -0.39 is 0 Å². The van der Waals surface area contributed by atoms with Crippen LogP contribution in [0.4, 0.5) is 5.69 Å². The number of methoxy groups -OCH3 is 1. The van der Waals surface area contributed by atoms with Gasteiger partial charge in [-0.05, 0) is 55.0 Å². The summed E-state index contributed by atoms with van der Waals surface area (Å²) in [5.74, 6) is 0.733. The van der Waals surface area contributed by atoms with Crippen LogP contribution in [-0.4, -0.2) is 18.0 Å². The highest BCUT2D eigenvalue weighted by Gasteiger charge is 2.14. The Morgan fingerprint density at radius 2 is 1.93 bits per heavy atom. The molecule has 1 heterocycles. The quantitative estimate of drug-likeness (QED) is 0.482. The molecule has 1 aromatic heterocycles. The maximum Gasteiger partial charge on any atom is 0.259 e. The van der Waals surface area contributed by atoms with E-state index in [9.17, 15) is 4.79 Å². The molecule has 0 saturated heterocycles. The van der Waals surface area contributed by atoms with Gasteiger partial charge in [0.1, 0.15) is 11.3 Å². The molecule has 140 valence electrons. The third-order valence-corrected chi connectivity index (χ3v) is 4.82. The number of carbonyl (C=O) groups excluding carboxylic acids is 1. The van der Waals surface area contributed by atoms with E-state index in [4.69, 9.17) is 20.8 Å². The van der Waals surface area contributed by atoms with Gasteiger partial charge in [0.25, 0.3) is 5.91 Å². The zero-order chi connectivity index (χ0) is 19.7. The van der Waals surface area contributed by atoms with Crippen molar-refractivity contribution in [1.29, 1.82) is 0 Å². The minimum absolute atomic E-state index is 0.258. The largest absolute Gasteiger partial charge is 0.496 e. The molecule has 0 spiro atoms. The second-order valence-electron chi connectivity index (χ2n) is 6.32. The second kappa shape index (κ2) is 7.37. The van der Waals surface area contributed by atoms with Crippen LogP contribution in [0.3, 0.4) is 0 Å². The summed E-state index contributed by atoms with van der Waals surface area (Å²) in [5, 5.41) is 3.53. The molecule has 0 radical (unpaired) electrons. The third kappa shape index (κ3) is 3.44. The van der Waals surface area contributed by atoms with Crippen LogP contribution < -0.4 is 10.1 Å². The van der Waals surface area contributed by atoms with Crippen molar-refractivity contribution in [2.45, 2.75) is 6.92 Å². The Balaban J connectivity index is 1.63. The number of nitrogens with zero attached hydrogens (tertiary/aromatic N) is 1. The molecule has 3 aromatic carbocycles. The van der Waals surface area contributed by atoms with Crippen molar-refractivity contribution in [3.63, 3.8) is 0 Å². The molecule has 5 nitrogen and oxygen atoms in total. The number of halogens is 1. The number of amides is 1. The summed E-state index contributed by atoms with van der Waals surface area (Å²) in [4.78, 5) is 17.1. The summed E-state index contributed by atoms with van der Waals surface area (Å²) in [6.45, 7) is 1.94. The number of benzene rings is 3. The number of ether oxygens (including phenoxy) is 1. The van der Waals surface area contributed by atoms with E-state index in [2.05, 4.69) is 10.3 Å². The van der Waals surface area contributed by atoms with Crippen molar-refractivity contribution in [1.82, 2.24) is 4.98 Å². The maximum absolute atomic E-state index is 12.6. The second-order valence-corrected chi connectivity index (χ2v) is 6.73. The molecule has 0 unspecified atom stereocenters. The van der Waals surface area contributed by atoms with Gasteiger partial charge in [0.05, 0.1) is 12.7 Å². The summed E-state index contributed by atoms with van der Waals surface area (Å²) >= 11 is 6.20. The molecular weight excluding hydrogens is 376 g/mol. The van der Waals surface area contributed by atoms with Crippen molar-refractivity contribution < 1.29 is 13.9 Å². The number of hydrogen-bond acceptors (Lipinski definition) is 4. The van der Waals surface area contributed by atoms with Crippen LogP contribution >= 0.6 is 11.6 Å². The fraction of sp³-hybridized carbons (Fsp3) is 0.0909. The van der Waals surface area contributed by atoms with E-state index in [0.717, 1.165) is 11.1 Å². The fourth-order valence-electron chi connectivity index (χ4n) is 2.89. The van der Waals surface area contributed by atoms with Crippen LogP contribution in [-0.2, 0) is 0 Å². The first-order valence-corrected chi connectivity index (χ1v) is 9.04. The molecular formula is C22H17ClN2O3. The predicted molar refractivity (Wildman–Crippen MR) is 110 cm³/mol. The molecule has 4 aromatic rings. The zero-order valence-electron chi connectivity index (χ0n) is 15.3. The first-order chi connectivity index (χ1) is 13.5. The Hall–Kier alpha value is -3.31. The number of carbonyl (C=O) groups is 1. The van der Waals surface area contributed by atoms with E-state index in [0.29, 0.717) is 39.0 Å². The Morgan fingerprint density at radius 1 is 1.11 bits per heavy atom. The molecule has 0 atom stereocenters. The highest BCUT2D eigenvalue weighted by molar-refractivity contribution is 6.31. The van der Waals surface area contributed by atoms with Gasteiger partial charge in [-0.2, -0.15) is 0 Å². The van der Waals surface area contributed by atoms with Gasteiger partial charge in [0.15, 0.2) is 5.58 Å². The summed E-state index contributed by atoms with van der Waals surface area (Å²) in [7, 11) is 1.53. The van der Waals surface area contributed by atoms with Crippen molar-refractivity contribution >= 4 is 34.3 Å². The van der Waals surface area contributed by atoms with Gasteiger partial charge in [0.2, 0.25) is 5.89 Å². The fourth-order valence-corrected chi connectivity index (χ4v) is 3.07. The molecule has 0 bridgehead atoms. The van der Waals surface area contributed by atoms with Crippen LogP contribution in [0.25, 0.3) is 22.6 Å². The monoisotopic (exact) mass is 392 g/mol. The minimum Gasteiger partial charge on any atom is -0.496 e. The highest BCUT2D eigenvalue weighted by atomic mass is 35.5. The molecule has 0 fully saturated rings. The number of aromatic nitrogens is 1. The third-order valence-electron chi connectivity index (χ3n) is 4.42. The highest BCUT2D eigenvalue weighted by Crippen LogP contribution is 2.29. The van der Waals surface area contributed by atoms with Crippen molar-refractivity contribution in [3.8, 4) is 17.2 Å². The van der Waals surface area contributed by atoms with Crippen LogP contribution in [0.1, 0.15) is 15.9 Å². The first-order valence-electron chi connectivity index (χ1n) is 8.66. The molecule has 4 rings (SSSR count). The molecule has 6 heteroatoms. The van der Waals surface area contributed by atoms with Gasteiger partial charge in [-0.3, -0.25) is 4.79 Å². The molecule has 1 N–H and O–H groups in total. The van der Waals surface area contributed by atoms with Gasteiger partial charge < -0.3 is 14.5 Å². The van der Waals surface area contributed by atoms with E-state index in [-0.39, 0.29) is 5.91 Å². The number of nitrogens with one attached hydrogen (secondary N) is 1. The van der Waals surface area contributed by atoms with Gasteiger partial charge in [-0.15, -0.1) is 0 Å². The number of aryl methyl sites for hydroxylation is 1. The number of oxazole rings is 1. The number of para-hydroxylation sites is 1. The Labute approximate surface area is 166 Å². The SMILES string of the molecule is COc1ccccc1C(=O)Nc1ccc2oc(-c3ccc(C)c(Cl)c3)nc2c1. The average molecular weight is 393 g/mol. The van der Waals surface area contributed by atoms with E-state index in [1.165, 1.54) is 7.11 Å². The topological polar surface area (TPSA) is 64.4 Å². The van der Waals surface area contributed by atoms with E-state index in [1.54, 1.807) is 36.4 Å². The number of hydrogen-bond donors (Lipinski definition) is 1. The summed E-state index contributed by atoms with van der Waals surface area (Å²) in [6.07, 6.45) is 0. The van der Waals surface area contributed by atoms with Crippen molar-refractivity contribution in [2.75, 3.05) is 12.4 Å². The lowest BCUT2D eigenvalue weighted by molar-refractivity contribution is 0.102. The van der Waals surface area contributed by atoms with Crippen LogP contribution in [0.15, 0.2) is 65.1 Å². The minimum atomic E-state index is -0.258. The number of anilines is 1. The summed E-state index contributed by atoms with van der Waals surface area (Å²) in [6, 6.07) is 18.0. The van der Waals surface area contributed by atoms with Crippen molar-refractivity contribution in [2.24, 2.45) is 0 Å². The predicted octanol–water partition coefficient (Wildman–Crippen LogP) is 5.72. The molecule has 0 aliphatic carbocycles. The van der Waals surface area contributed by atoms with Gasteiger partial charge in [-0.1, -0.05) is 29.8 Å². The molecule has 28 heavy (non-hydrogen) atoms. The van der Waals surface area contributed by atoms with E-state index >= 15 is 0 Å². The lowest BCUT2D eigenvalue weighted by Gasteiger charge is -2.08. The smallest absolute Gasteiger partial charge is 0.259 e. The molecule has 0 aliphatic heterocycles. The Bertz CT molecular complexity index is 1180.